The highest BCUT2D eigenvalue weighted by molar-refractivity contribution is 5.94. The average Bonchev–Trinajstić information content (AvgIpc) is 2.40. The van der Waals surface area contributed by atoms with E-state index in [1.807, 2.05) is 24.3 Å². The molecule has 2 heteroatoms. The van der Waals surface area contributed by atoms with Crippen LogP contribution >= 0.6 is 0 Å². The van der Waals surface area contributed by atoms with Crippen LogP contribution in [0.15, 0.2) is 24.3 Å². The second kappa shape index (κ2) is 2.13. The molecule has 13 heavy (non-hydrogen) atoms. The topological polar surface area (TPSA) is 26.3 Å². The molecule has 1 aliphatic carbocycles. The van der Waals surface area contributed by atoms with Crippen molar-refractivity contribution in [3.05, 3.63) is 35.4 Å². The highest BCUT2D eigenvalue weighted by Crippen LogP contribution is 2.50. The Morgan fingerprint density at radius 1 is 1.23 bits per heavy atom. The zero-order valence-electron chi connectivity index (χ0n) is 7.25. The van der Waals surface area contributed by atoms with Crippen molar-refractivity contribution in [1.82, 2.24) is 0 Å². The minimum Gasteiger partial charge on any atom is -0.451 e. The van der Waals surface area contributed by atoms with E-state index in [4.69, 9.17) is 4.74 Å². The van der Waals surface area contributed by atoms with Crippen LogP contribution in [0.4, 0.5) is 0 Å². The Hall–Kier alpha value is -1.31. The fourth-order valence-electron chi connectivity index (χ4n) is 2.22. The Bertz CT molecular complexity index is 377. The summed E-state index contributed by atoms with van der Waals surface area (Å²) in [6.45, 7) is 0. The van der Waals surface area contributed by atoms with Gasteiger partial charge in [0.15, 0.2) is 0 Å². The molecular formula is C11H10O2. The summed E-state index contributed by atoms with van der Waals surface area (Å²) in [5.74, 6) is -0.143. The Morgan fingerprint density at radius 3 is 2.69 bits per heavy atom. The van der Waals surface area contributed by atoms with E-state index in [1.54, 1.807) is 0 Å². The maximum atomic E-state index is 11.5. The van der Waals surface area contributed by atoms with Crippen molar-refractivity contribution in [2.45, 2.75) is 24.9 Å². The van der Waals surface area contributed by atoms with Crippen LogP contribution in [0.1, 0.15) is 35.2 Å². The number of esters is 1. The normalized spacial score (nSPS) is 22.3. The SMILES string of the molecule is O=C1OC2(CCC2)c2ccccc21. The van der Waals surface area contributed by atoms with Gasteiger partial charge < -0.3 is 4.74 Å². The summed E-state index contributed by atoms with van der Waals surface area (Å²) in [7, 11) is 0. The van der Waals surface area contributed by atoms with Crippen molar-refractivity contribution in [2.75, 3.05) is 0 Å². The molecule has 2 aliphatic rings. The fourth-order valence-corrected chi connectivity index (χ4v) is 2.22. The van der Waals surface area contributed by atoms with E-state index in [0.29, 0.717) is 0 Å². The quantitative estimate of drug-likeness (QED) is 0.564. The molecule has 1 aromatic carbocycles. The van der Waals surface area contributed by atoms with Crippen molar-refractivity contribution in [3.63, 3.8) is 0 Å². The van der Waals surface area contributed by atoms with Crippen molar-refractivity contribution < 1.29 is 9.53 Å². The Kier molecular flexibility index (Phi) is 1.17. The summed E-state index contributed by atoms with van der Waals surface area (Å²) < 4.78 is 5.42. The van der Waals surface area contributed by atoms with Crippen molar-refractivity contribution >= 4 is 5.97 Å². The lowest BCUT2D eigenvalue weighted by Crippen LogP contribution is -2.33. The second-order valence-corrected chi connectivity index (χ2v) is 3.78. The molecule has 1 saturated carbocycles. The van der Waals surface area contributed by atoms with Gasteiger partial charge in [0.2, 0.25) is 0 Å². The Labute approximate surface area is 76.5 Å². The lowest BCUT2D eigenvalue weighted by Gasteiger charge is -2.37. The lowest BCUT2D eigenvalue weighted by atomic mass is 9.75. The van der Waals surface area contributed by atoms with Gasteiger partial charge in [-0.3, -0.25) is 0 Å². The van der Waals surface area contributed by atoms with Gasteiger partial charge in [-0.2, -0.15) is 0 Å². The molecule has 0 N–H and O–H groups in total. The van der Waals surface area contributed by atoms with Gasteiger partial charge in [-0.25, -0.2) is 4.79 Å². The molecule has 0 unspecified atom stereocenters. The first-order valence-corrected chi connectivity index (χ1v) is 4.65. The van der Waals surface area contributed by atoms with E-state index in [1.165, 1.54) is 6.42 Å². The maximum Gasteiger partial charge on any atom is 0.339 e. The van der Waals surface area contributed by atoms with Crippen molar-refractivity contribution in [3.8, 4) is 0 Å². The van der Waals surface area contributed by atoms with Crippen LogP contribution < -0.4 is 0 Å². The molecule has 1 aliphatic heterocycles. The third-order valence-electron chi connectivity index (χ3n) is 3.09. The number of hydrogen-bond donors (Lipinski definition) is 0. The molecule has 0 saturated heterocycles. The van der Waals surface area contributed by atoms with E-state index >= 15 is 0 Å². The highest BCUT2D eigenvalue weighted by Gasteiger charge is 2.49. The number of rotatable bonds is 0. The fraction of sp³-hybridized carbons (Fsp3) is 0.364. The number of carbonyl (C=O) groups excluding carboxylic acids is 1. The monoisotopic (exact) mass is 174 g/mol. The largest absolute Gasteiger partial charge is 0.451 e. The summed E-state index contributed by atoms with van der Waals surface area (Å²) in [5.41, 5.74) is 1.64. The first-order valence-electron chi connectivity index (χ1n) is 4.65. The van der Waals surface area contributed by atoms with E-state index in [0.717, 1.165) is 24.0 Å². The van der Waals surface area contributed by atoms with E-state index < -0.39 is 0 Å². The molecule has 0 radical (unpaired) electrons. The molecule has 3 rings (SSSR count). The van der Waals surface area contributed by atoms with Crippen LogP contribution in [-0.2, 0) is 10.3 Å². The third kappa shape index (κ3) is 0.755. The van der Waals surface area contributed by atoms with E-state index in [2.05, 4.69) is 0 Å². The Balaban J connectivity index is 2.20. The van der Waals surface area contributed by atoms with Gasteiger partial charge in [0.05, 0.1) is 5.56 Å². The standard InChI is InChI=1S/C11H10O2/c12-10-8-4-1-2-5-9(8)11(13-10)6-3-7-11/h1-2,4-5H,3,6-7H2. The predicted molar refractivity (Wildman–Crippen MR) is 47.4 cm³/mol. The van der Waals surface area contributed by atoms with Crippen LogP contribution in [-0.4, -0.2) is 5.97 Å². The minimum absolute atomic E-state index is 0.143. The van der Waals surface area contributed by atoms with Gasteiger partial charge in [-0.1, -0.05) is 18.2 Å². The van der Waals surface area contributed by atoms with Crippen molar-refractivity contribution in [1.29, 1.82) is 0 Å². The maximum absolute atomic E-state index is 11.5. The molecule has 0 atom stereocenters. The number of benzene rings is 1. The average molecular weight is 174 g/mol. The van der Waals surface area contributed by atoms with E-state index in [-0.39, 0.29) is 11.6 Å². The molecule has 0 aromatic heterocycles. The van der Waals surface area contributed by atoms with Crippen LogP contribution in [0.5, 0.6) is 0 Å². The van der Waals surface area contributed by atoms with E-state index in [9.17, 15) is 4.79 Å². The number of ether oxygens (including phenoxy) is 1. The van der Waals surface area contributed by atoms with Gasteiger partial charge in [0.25, 0.3) is 0 Å². The Morgan fingerprint density at radius 2 is 2.00 bits per heavy atom. The summed E-state index contributed by atoms with van der Waals surface area (Å²) in [6, 6.07) is 7.72. The van der Waals surface area contributed by atoms with Gasteiger partial charge in [0, 0.05) is 5.56 Å². The zero-order chi connectivity index (χ0) is 8.89. The molecule has 1 heterocycles. The van der Waals surface area contributed by atoms with Gasteiger partial charge >= 0.3 is 5.97 Å². The zero-order valence-corrected chi connectivity index (χ0v) is 7.25. The molecule has 2 nitrogen and oxygen atoms in total. The molecule has 1 aromatic rings. The smallest absolute Gasteiger partial charge is 0.339 e. The lowest BCUT2D eigenvalue weighted by molar-refractivity contribution is -0.0535. The molecule has 66 valence electrons. The number of carbonyl (C=O) groups is 1. The van der Waals surface area contributed by atoms with Gasteiger partial charge in [-0.05, 0) is 25.3 Å². The molecule has 1 fully saturated rings. The summed E-state index contributed by atoms with van der Waals surface area (Å²) >= 11 is 0. The molecule has 0 amide bonds. The first-order chi connectivity index (χ1) is 6.32. The summed E-state index contributed by atoms with van der Waals surface area (Å²) in [4.78, 5) is 11.5. The second-order valence-electron chi connectivity index (χ2n) is 3.78. The van der Waals surface area contributed by atoms with Crippen LogP contribution in [0.3, 0.4) is 0 Å². The third-order valence-corrected chi connectivity index (χ3v) is 3.09. The summed E-state index contributed by atoms with van der Waals surface area (Å²) in [5, 5.41) is 0. The number of fused-ring (bicyclic) bond motifs is 2. The first kappa shape index (κ1) is 7.13. The van der Waals surface area contributed by atoms with Gasteiger partial charge in [0.1, 0.15) is 5.60 Å². The van der Waals surface area contributed by atoms with Crippen LogP contribution in [0.2, 0.25) is 0 Å². The number of hydrogen-bond acceptors (Lipinski definition) is 2. The summed E-state index contributed by atoms with van der Waals surface area (Å²) in [6.07, 6.45) is 3.16. The predicted octanol–water partition coefficient (Wildman–Crippen LogP) is 2.24. The minimum atomic E-state index is -0.228. The van der Waals surface area contributed by atoms with Crippen molar-refractivity contribution in [2.24, 2.45) is 0 Å². The molecule has 1 spiro atoms. The molecule has 0 bridgehead atoms. The van der Waals surface area contributed by atoms with Crippen LogP contribution in [0, 0.1) is 0 Å². The highest BCUT2D eigenvalue weighted by atomic mass is 16.6. The van der Waals surface area contributed by atoms with Gasteiger partial charge in [-0.15, -0.1) is 0 Å². The van der Waals surface area contributed by atoms with Crippen LogP contribution in [0.25, 0.3) is 0 Å². The molecular weight excluding hydrogens is 164 g/mol.